The Morgan fingerprint density at radius 3 is 2.54 bits per heavy atom. The first-order valence-corrected chi connectivity index (χ1v) is 10.6. The average Bonchev–Trinajstić information content (AvgIpc) is 3.38. The predicted molar refractivity (Wildman–Crippen MR) is 110 cm³/mol. The number of piperazine rings is 1. The molecule has 2 amide bonds. The van der Waals surface area contributed by atoms with E-state index in [0.717, 1.165) is 18.5 Å². The van der Waals surface area contributed by atoms with Crippen LogP contribution in [0.2, 0.25) is 5.02 Å². The standard InChI is InChI=1S/C19H22ClN5O2S/c20-13-1-3-15(4-2-13)22-19-23-16(12-28-19)18(27)25-9-7-24(8-10-25)11-17(26)21-14-5-6-14/h1-4,12,14H,5-11H2,(H,21,26)(H,22,23). The van der Waals surface area contributed by atoms with Crippen molar-refractivity contribution in [2.45, 2.75) is 18.9 Å². The van der Waals surface area contributed by atoms with Gasteiger partial charge in [-0.1, -0.05) is 11.6 Å². The number of carbonyl (C=O) groups is 2. The maximum Gasteiger partial charge on any atom is 0.273 e. The molecule has 0 atom stereocenters. The van der Waals surface area contributed by atoms with Crippen molar-refractivity contribution in [1.82, 2.24) is 20.1 Å². The van der Waals surface area contributed by atoms with Crippen LogP contribution >= 0.6 is 22.9 Å². The molecule has 0 spiro atoms. The molecule has 0 unspecified atom stereocenters. The number of hydrogen-bond donors (Lipinski definition) is 2. The van der Waals surface area contributed by atoms with E-state index in [4.69, 9.17) is 11.6 Å². The molecule has 0 radical (unpaired) electrons. The van der Waals surface area contributed by atoms with E-state index >= 15 is 0 Å². The van der Waals surface area contributed by atoms with Gasteiger partial charge in [0, 0.05) is 48.3 Å². The second-order valence-corrected chi connectivity index (χ2v) is 8.37. The van der Waals surface area contributed by atoms with Gasteiger partial charge in [-0.05, 0) is 37.1 Å². The number of nitrogens with zero attached hydrogens (tertiary/aromatic N) is 3. The van der Waals surface area contributed by atoms with Gasteiger partial charge >= 0.3 is 0 Å². The molecule has 1 aliphatic heterocycles. The maximum atomic E-state index is 12.7. The Bertz CT molecular complexity index is 844. The second kappa shape index (κ2) is 8.46. The molecule has 4 rings (SSSR count). The third kappa shape index (κ3) is 5.01. The second-order valence-electron chi connectivity index (χ2n) is 7.08. The Balaban J connectivity index is 1.27. The van der Waals surface area contributed by atoms with Gasteiger partial charge in [-0.3, -0.25) is 14.5 Å². The topological polar surface area (TPSA) is 77.6 Å². The number of carbonyl (C=O) groups excluding carboxylic acids is 2. The highest BCUT2D eigenvalue weighted by atomic mass is 35.5. The lowest BCUT2D eigenvalue weighted by molar-refractivity contribution is -0.122. The number of amides is 2. The van der Waals surface area contributed by atoms with Gasteiger partial charge in [-0.2, -0.15) is 0 Å². The highest BCUT2D eigenvalue weighted by Crippen LogP contribution is 2.23. The summed E-state index contributed by atoms with van der Waals surface area (Å²) in [5.74, 6) is 0.0159. The fourth-order valence-electron chi connectivity index (χ4n) is 3.06. The van der Waals surface area contributed by atoms with Crippen LogP contribution in [0.5, 0.6) is 0 Å². The lowest BCUT2D eigenvalue weighted by Gasteiger charge is -2.33. The molecule has 28 heavy (non-hydrogen) atoms. The van der Waals surface area contributed by atoms with E-state index in [2.05, 4.69) is 20.5 Å². The lowest BCUT2D eigenvalue weighted by Crippen LogP contribution is -2.51. The van der Waals surface area contributed by atoms with Crippen molar-refractivity contribution in [3.05, 3.63) is 40.4 Å². The molecule has 1 aromatic carbocycles. The van der Waals surface area contributed by atoms with Gasteiger partial charge in [0.15, 0.2) is 5.13 Å². The van der Waals surface area contributed by atoms with Crippen molar-refractivity contribution in [2.24, 2.45) is 0 Å². The van der Waals surface area contributed by atoms with E-state index in [1.807, 2.05) is 12.1 Å². The fraction of sp³-hybridized carbons (Fsp3) is 0.421. The van der Waals surface area contributed by atoms with Crippen LogP contribution in [0.15, 0.2) is 29.6 Å². The number of anilines is 2. The summed E-state index contributed by atoms with van der Waals surface area (Å²) in [6.07, 6.45) is 2.19. The van der Waals surface area contributed by atoms with Gasteiger partial charge in [-0.25, -0.2) is 4.98 Å². The molecular weight excluding hydrogens is 398 g/mol. The van der Waals surface area contributed by atoms with Crippen molar-refractivity contribution >= 4 is 45.6 Å². The summed E-state index contributed by atoms with van der Waals surface area (Å²) >= 11 is 7.29. The Labute approximate surface area is 172 Å². The highest BCUT2D eigenvalue weighted by Gasteiger charge is 2.27. The third-order valence-electron chi connectivity index (χ3n) is 4.79. The van der Waals surface area contributed by atoms with Gasteiger partial charge < -0.3 is 15.5 Å². The van der Waals surface area contributed by atoms with Crippen molar-refractivity contribution in [3.63, 3.8) is 0 Å². The first-order chi connectivity index (χ1) is 13.6. The van der Waals surface area contributed by atoms with E-state index in [1.165, 1.54) is 11.3 Å². The Morgan fingerprint density at radius 1 is 1.14 bits per heavy atom. The number of aromatic nitrogens is 1. The van der Waals surface area contributed by atoms with Gasteiger partial charge in [0.25, 0.3) is 5.91 Å². The number of nitrogens with one attached hydrogen (secondary N) is 2. The Hall–Kier alpha value is -2.16. The molecule has 2 aliphatic rings. The zero-order valence-electron chi connectivity index (χ0n) is 15.4. The monoisotopic (exact) mass is 419 g/mol. The van der Waals surface area contributed by atoms with Crippen LogP contribution in [0.4, 0.5) is 10.8 Å². The van der Waals surface area contributed by atoms with Gasteiger partial charge in [-0.15, -0.1) is 11.3 Å². The number of benzene rings is 1. The van der Waals surface area contributed by atoms with E-state index in [-0.39, 0.29) is 11.8 Å². The summed E-state index contributed by atoms with van der Waals surface area (Å²) in [5, 5.41) is 9.30. The molecule has 1 saturated heterocycles. The molecule has 0 bridgehead atoms. The summed E-state index contributed by atoms with van der Waals surface area (Å²) in [7, 11) is 0. The minimum atomic E-state index is -0.0671. The molecule has 1 saturated carbocycles. The van der Waals surface area contributed by atoms with Crippen LogP contribution in [-0.2, 0) is 4.79 Å². The molecule has 148 valence electrons. The highest BCUT2D eigenvalue weighted by molar-refractivity contribution is 7.14. The molecule has 2 fully saturated rings. The molecule has 2 heterocycles. The van der Waals surface area contributed by atoms with Crippen LogP contribution in [0.3, 0.4) is 0 Å². The summed E-state index contributed by atoms with van der Waals surface area (Å²) in [6, 6.07) is 7.71. The summed E-state index contributed by atoms with van der Waals surface area (Å²) in [6.45, 7) is 3.01. The Kier molecular flexibility index (Phi) is 5.79. The first kappa shape index (κ1) is 19.2. The van der Waals surface area contributed by atoms with E-state index in [9.17, 15) is 9.59 Å². The van der Waals surface area contributed by atoms with Crippen molar-refractivity contribution in [2.75, 3.05) is 38.0 Å². The molecule has 1 aliphatic carbocycles. The third-order valence-corrected chi connectivity index (χ3v) is 5.80. The number of halogens is 1. The summed E-state index contributed by atoms with van der Waals surface area (Å²) < 4.78 is 0. The van der Waals surface area contributed by atoms with Crippen LogP contribution in [0.25, 0.3) is 0 Å². The zero-order chi connectivity index (χ0) is 19.5. The van der Waals surface area contributed by atoms with Gasteiger partial charge in [0.05, 0.1) is 6.54 Å². The minimum absolute atomic E-state index is 0.0671. The number of thiazole rings is 1. The summed E-state index contributed by atoms with van der Waals surface area (Å²) in [5.41, 5.74) is 1.32. The van der Waals surface area contributed by atoms with Crippen LogP contribution in [0.1, 0.15) is 23.3 Å². The van der Waals surface area contributed by atoms with E-state index in [0.29, 0.717) is 54.6 Å². The van der Waals surface area contributed by atoms with Crippen LogP contribution < -0.4 is 10.6 Å². The van der Waals surface area contributed by atoms with E-state index < -0.39 is 0 Å². The average molecular weight is 420 g/mol. The van der Waals surface area contributed by atoms with Crippen molar-refractivity contribution in [3.8, 4) is 0 Å². The minimum Gasteiger partial charge on any atom is -0.352 e. The van der Waals surface area contributed by atoms with Gasteiger partial charge in [0.1, 0.15) is 5.69 Å². The number of rotatable bonds is 6. The molecule has 7 nitrogen and oxygen atoms in total. The molecule has 9 heteroatoms. The first-order valence-electron chi connectivity index (χ1n) is 9.36. The normalized spacial score (nSPS) is 17.4. The fourth-order valence-corrected chi connectivity index (χ4v) is 3.89. The van der Waals surface area contributed by atoms with Gasteiger partial charge in [0.2, 0.25) is 5.91 Å². The zero-order valence-corrected chi connectivity index (χ0v) is 16.9. The quantitative estimate of drug-likeness (QED) is 0.752. The van der Waals surface area contributed by atoms with Crippen LogP contribution in [0, 0.1) is 0 Å². The molecule has 2 N–H and O–H groups in total. The molecular formula is C19H22ClN5O2S. The molecule has 2 aromatic rings. The maximum absolute atomic E-state index is 12.7. The van der Waals surface area contributed by atoms with Crippen molar-refractivity contribution < 1.29 is 9.59 Å². The Morgan fingerprint density at radius 2 is 1.86 bits per heavy atom. The van der Waals surface area contributed by atoms with Crippen LogP contribution in [-0.4, -0.2) is 65.4 Å². The largest absolute Gasteiger partial charge is 0.352 e. The summed E-state index contributed by atoms with van der Waals surface area (Å²) in [4.78, 5) is 32.9. The predicted octanol–water partition coefficient (Wildman–Crippen LogP) is 2.58. The van der Waals surface area contributed by atoms with Crippen molar-refractivity contribution in [1.29, 1.82) is 0 Å². The van der Waals surface area contributed by atoms with E-state index in [1.54, 1.807) is 22.4 Å². The molecule has 1 aromatic heterocycles. The number of hydrogen-bond acceptors (Lipinski definition) is 6. The smallest absolute Gasteiger partial charge is 0.273 e. The SMILES string of the molecule is O=C(CN1CCN(C(=O)c2csc(Nc3ccc(Cl)cc3)n2)CC1)NC1CC1. The lowest BCUT2D eigenvalue weighted by atomic mass is 10.3.